The van der Waals surface area contributed by atoms with Crippen LogP contribution in [-0.2, 0) is 9.53 Å². The van der Waals surface area contributed by atoms with Crippen molar-refractivity contribution in [2.45, 2.75) is 0 Å². The molecule has 1 heterocycles. The van der Waals surface area contributed by atoms with Gasteiger partial charge in [0, 0.05) is 10.6 Å². The first-order chi connectivity index (χ1) is 11.7. The van der Waals surface area contributed by atoms with E-state index in [-0.39, 0.29) is 5.70 Å². The van der Waals surface area contributed by atoms with Gasteiger partial charge in [0.1, 0.15) is 0 Å². The van der Waals surface area contributed by atoms with Gasteiger partial charge in [-0.05, 0) is 46.7 Å². The monoisotopic (exact) mass is 333 g/mol. The fourth-order valence-electron chi connectivity index (χ4n) is 2.57. The van der Waals surface area contributed by atoms with Crippen LogP contribution in [0.25, 0.3) is 16.8 Å². The molecule has 3 aromatic carbocycles. The van der Waals surface area contributed by atoms with Gasteiger partial charge in [-0.25, -0.2) is 9.79 Å². The first kappa shape index (κ1) is 14.7. The van der Waals surface area contributed by atoms with Crippen molar-refractivity contribution >= 4 is 40.3 Å². The number of benzene rings is 3. The van der Waals surface area contributed by atoms with Crippen LogP contribution < -0.4 is 0 Å². The first-order valence-electron chi connectivity index (χ1n) is 7.46. The maximum absolute atomic E-state index is 12.1. The molecule has 0 radical (unpaired) electrons. The molecule has 0 aromatic heterocycles. The van der Waals surface area contributed by atoms with Crippen LogP contribution >= 0.6 is 11.6 Å². The van der Waals surface area contributed by atoms with Crippen molar-refractivity contribution in [1.29, 1.82) is 0 Å². The van der Waals surface area contributed by atoms with E-state index in [1.807, 2.05) is 54.6 Å². The highest BCUT2D eigenvalue weighted by Gasteiger charge is 2.24. The number of hydrogen-bond donors (Lipinski definition) is 0. The van der Waals surface area contributed by atoms with Gasteiger partial charge in [0.05, 0.1) is 0 Å². The van der Waals surface area contributed by atoms with Crippen molar-refractivity contribution in [3.05, 3.63) is 88.6 Å². The number of fused-ring (bicyclic) bond motifs is 1. The highest BCUT2D eigenvalue weighted by Crippen LogP contribution is 2.22. The van der Waals surface area contributed by atoms with E-state index in [1.165, 1.54) is 0 Å². The zero-order chi connectivity index (χ0) is 16.5. The number of ether oxygens (including phenoxy) is 1. The summed E-state index contributed by atoms with van der Waals surface area (Å²) in [6.07, 6.45) is 1.69. The molecule has 0 spiro atoms. The number of halogens is 1. The predicted molar refractivity (Wildman–Crippen MR) is 96.0 cm³/mol. The van der Waals surface area contributed by atoms with Gasteiger partial charge in [0.2, 0.25) is 5.90 Å². The van der Waals surface area contributed by atoms with Crippen molar-refractivity contribution in [1.82, 2.24) is 0 Å². The third-order valence-electron chi connectivity index (χ3n) is 3.79. The molecule has 3 aromatic rings. The van der Waals surface area contributed by atoms with Crippen molar-refractivity contribution in [2.24, 2.45) is 4.99 Å². The summed E-state index contributed by atoms with van der Waals surface area (Å²) in [7, 11) is 0. The van der Waals surface area contributed by atoms with E-state index in [2.05, 4.69) is 4.99 Å². The number of esters is 1. The van der Waals surface area contributed by atoms with Gasteiger partial charge in [0.25, 0.3) is 0 Å². The van der Waals surface area contributed by atoms with Crippen molar-refractivity contribution in [3.63, 3.8) is 0 Å². The lowest BCUT2D eigenvalue weighted by atomic mass is 10.1. The molecule has 0 N–H and O–H groups in total. The molecule has 0 saturated carbocycles. The summed E-state index contributed by atoms with van der Waals surface area (Å²) in [5.41, 5.74) is 1.90. The molecule has 1 aliphatic heterocycles. The van der Waals surface area contributed by atoms with Gasteiger partial charge in [0.15, 0.2) is 5.70 Å². The van der Waals surface area contributed by atoms with E-state index < -0.39 is 5.97 Å². The Bertz CT molecular complexity index is 1000. The van der Waals surface area contributed by atoms with E-state index in [9.17, 15) is 4.79 Å². The van der Waals surface area contributed by atoms with Gasteiger partial charge < -0.3 is 4.74 Å². The number of aliphatic imine (C=N–C) groups is 1. The summed E-state index contributed by atoms with van der Waals surface area (Å²) >= 11 is 5.87. The van der Waals surface area contributed by atoms with Crippen LogP contribution in [0.3, 0.4) is 0 Å². The smallest absolute Gasteiger partial charge is 0.363 e. The third-order valence-corrected chi connectivity index (χ3v) is 4.04. The standard InChI is InChI=1S/C20H12ClNO2/c21-17-9-5-13(6-10-17)11-18-20(23)24-19(22-18)16-8-7-14-3-1-2-4-15(14)12-16/h1-12H/b18-11-. The quantitative estimate of drug-likeness (QED) is 0.497. The molecule has 0 bridgehead atoms. The summed E-state index contributed by atoms with van der Waals surface area (Å²) in [5.74, 6) is -0.126. The predicted octanol–water partition coefficient (Wildman–Crippen LogP) is 4.84. The number of nitrogens with zero attached hydrogens (tertiary/aromatic N) is 1. The highest BCUT2D eigenvalue weighted by atomic mass is 35.5. The minimum Gasteiger partial charge on any atom is -0.402 e. The largest absolute Gasteiger partial charge is 0.402 e. The fraction of sp³-hybridized carbons (Fsp3) is 0. The molecule has 24 heavy (non-hydrogen) atoms. The first-order valence-corrected chi connectivity index (χ1v) is 7.84. The number of rotatable bonds is 2. The molecule has 0 aliphatic carbocycles. The Morgan fingerprint density at radius 1 is 0.917 bits per heavy atom. The maximum Gasteiger partial charge on any atom is 0.363 e. The van der Waals surface area contributed by atoms with Gasteiger partial charge in [-0.15, -0.1) is 0 Å². The van der Waals surface area contributed by atoms with Crippen molar-refractivity contribution in [2.75, 3.05) is 0 Å². The van der Waals surface area contributed by atoms with Crippen LogP contribution in [0.4, 0.5) is 0 Å². The van der Waals surface area contributed by atoms with Crippen LogP contribution in [0.15, 0.2) is 77.4 Å². The lowest BCUT2D eigenvalue weighted by Gasteiger charge is -2.02. The fourth-order valence-corrected chi connectivity index (χ4v) is 2.70. The average Bonchev–Trinajstić information content (AvgIpc) is 2.97. The Labute approximate surface area is 143 Å². The topological polar surface area (TPSA) is 38.7 Å². The average molecular weight is 334 g/mol. The normalized spacial score (nSPS) is 15.6. The highest BCUT2D eigenvalue weighted by molar-refractivity contribution is 6.30. The summed E-state index contributed by atoms with van der Waals surface area (Å²) < 4.78 is 5.32. The maximum atomic E-state index is 12.1. The van der Waals surface area contributed by atoms with E-state index >= 15 is 0 Å². The lowest BCUT2D eigenvalue weighted by molar-refractivity contribution is -0.129. The SMILES string of the molecule is O=C1OC(c2ccc3ccccc3c2)=N/C1=C\c1ccc(Cl)cc1. The van der Waals surface area contributed by atoms with Crippen LogP contribution in [0, 0.1) is 0 Å². The molecular weight excluding hydrogens is 322 g/mol. The molecule has 0 atom stereocenters. The Kier molecular flexibility index (Phi) is 3.63. The number of cyclic esters (lactones) is 1. The molecule has 0 unspecified atom stereocenters. The second-order valence-electron chi connectivity index (χ2n) is 5.45. The van der Waals surface area contributed by atoms with E-state index in [0.717, 1.165) is 21.9 Å². The summed E-state index contributed by atoms with van der Waals surface area (Å²) in [5, 5.41) is 2.85. The van der Waals surface area contributed by atoms with Gasteiger partial charge in [-0.2, -0.15) is 0 Å². The second kappa shape index (κ2) is 5.95. The van der Waals surface area contributed by atoms with E-state index in [4.69, 9.17) is 16.3 Å². The molecule has 3 nitrogen and oxygen atoms in total. The molecular formula is C20H12ClNO2. The second-order valence-corrected chi connectivity index (χ2v) is 5.89. The molecule has 4 rings (SSSR count). The zero-order valence-corrected chi connectivity index (χ0v) is 13.3. The summed E-state index contributed by atoms with van der Waals surface area (Å²) in [6, 6.07) is 21.0. The van der Waals surface area contributed by atoms with Crippen LogP contribution in [0.1, 0.15) is 11.1 Å². The van der Waals surface area contributed by atoms with Gasteiger partial charge in [-0.1, -0.05) is 54.1 Å². The van der Waals surface area contributed by atoms with Crippen LogP contribution in [0.5, 0.6) is 0 Å². The molecule has 0 fully saturated rings. The van der Waals surface area contributed by atoms with Gasteiger partial charge in [-0.3, -0.25) is 0 Å². The van der Waals surface area contributed by atoms with Gasteiger partial charge >= 0.3 is 5.97 Å². The minimum atomic E-state index is -0.451. The lowest BCUT2D eigenvalue weighted by Crippen LogP contribution is -2.05. The third kappa shape index (κ3) is 2.82. The molecule has 1 aliphatic rings. The van der Waals surface area contributed by atoms with Crippen molar-refractivity contribution in [3.8, 4) is 0 Å². The van der Waals surface area contributed by atoms with E-state index in [1.54, 1.807) is 18.2 Å². The Balaban J connectivity index is 1.70. The summed E-state index contributed by atoms with van der Waals surface area (Å²) in [6.45, 7) is 0. The molecule has 0 amide bonds. The van der Waals surface area contributed by atoms with Crippen LogP contribution in [0.2, 0.25) is 5.02 Å². The Morgan fingerprint density at radius 2 is 1.67 bits per heavy atom. The Hall–Kier alpha value is -2.91. The molecule has 4 heteroatoms. The zero-order valence-electron chi connectivity index (χ0n) is 12.6. The molecule has 116 valence electrons. The minimum absolute atomic E-state index is 0.278. The number of hydrogen-bond acceptors (Lipinski definition) is 3. The number of carbonyl (C=O) groups excluding carboxylic acids is 1. The van der Waals surface area contributed by atoms with Crippen molar-refractivity contribution < 1.29 is 9.53 Å². The molecule has 0 saturated heterocycles. The van der Waals surface area contributed by atoms with Crippen LogP contribution in [-0.4, -0.2) is 11.9 Å². The van der Waals surface area contributed by atoms with E-state index in [0.29, 0.717) is 10.9 Å². The summed E-state index contributed by atoms with van der Waals surface area (Å²) in [4.78, 5) is 16.4. The Morgan fingerprint density at radius 3 is 2.46 bits per heavy atom. The number of carbonyl (C=O) groups is 1.